The van der Waals surface area contributed by atoms with Crippen LogP contribution in [0.25, 0.3) is 0 Å². The van der Waals surface area contributed by atoms with Gasteiger partial charge in [-0.05, 0) is 61.2 Å². The monoisotopic (exact) mass is 399 g/mol. The van der Waals surface area contributed by atoms with Crippen molar-refractivity contribution in [1.82, 2.24) is 0 Å². The molecular formula is C22H26ClN3O2. The van der Waals surface area contributed by atoms with Gasteiger partial charge in [-0.25, -0.2) is 0 Å². The van der Waals surface area contributed by atoms with E-state index in [1.807, 2.05) is 49.4 Å². The molecule has 0 bridgehead atoms. The molecule has 1 heterocycles. The van der Waals surface area contributed by atoms with Gasteiger partial charge in [0.25, 0.3) is 0 Å². The molecule has 6 heteroatoms. The maximum atomic E-state index is 12.5. The smallest absolute Gasteiger partial charge is 0.244 e. The highest BCUT2D eigenvalue weighted by molar-refractivity contribution is 6.30. The summed E-state index contributed by atoms with van der Waals surface area (Å²) < 4.78 is 0. The zero-order valence-corrected chi connectivity index (χ0v) is 17.1. The lowest BCUT2D eigenvalue weighted by Crippen LogP contribution is -2.48. The second kappa shape index (κ2) is 8.33. The van der Waals surface area contributed by atoms with Gasteiger partial charge in [-0.2, -0.15) is 0 Å². The van der Waals surface area contributed by atoms with Crippen molar-refractivity contribution in [3.63, 3.8) is 0 Å². The molecule has 0 fully saturated rings. The molecule has 0 spiro atoms. The first-order valence-corrected chi connectivity index (χ1v) is 9.96. The summed E-state index contributed by atoms with van der Waals surface area (Å²) in [6, 6.07) is 13.2. The first-order valence-electron chi connectivity index (χ1n) is 9.58. The van der Waals surface area contributed by atoms with Crippen LogP contribution in [0.3, 0.4) is 0 Å². The number of aryl methyl sites for hydroxylation is 1. The lowest BCUT2D eigenvalue weighted by Gasteiger charge is -2.30. The van der Waals surface area contributed by atoms with Crippen molar-refractivity contribution in [2.45, 2.75) is 51.6 Å². The number of nitrogens with one attached hydrogen (secondary N) is 1. The van der Waals surface area contributed by atoms with E-state index in [1.54, 1.807) is 11.8 Å². The van der Waals surface area contributed by atoms with Crippen LogP contribution in [0.5, 0.6) is 0 Å². The SMILES string of the molecule is CCCC(C)(N)C(=O)Nc1ccc2c(c1)CCC(=O)N2Cc1ccc(Cl)cc1. The fraction of sp³-hybridized carbons (Fsp3) is 0.364. The van der Waals surface area contributed by atoms with E-state index in [4.69, 9.17) is 17.3 Å². The van der Waals surface area contributed by atoms with E-state index in [-0.39, 0.29) is 11.8 Å². The normalized spacial score (nSPS) is 15.7. The average molecular weight is 400 g/mol. The van der Waals surface area contributed by atoms with Crippen LogP contribution >= 0.6 is 11.6 Å². The molecule has 28 heavy (non-hydrogen) atoms. The number of nitrogens with zero attached hydrogens (tertiary/aromatic N) is 1. The number of carbonyl (C=O) groups excluding carboxylic acids is 2. The standard InChI is InChI=1S/C22H26ClN3O2/c1-3-12-22(2,24)21(28)25-18-9-10-19-16(13-18)6-11-20(27)26(19)14-15-4-7-17(23)8-5-15/h4-5,7-10,13H,3,6,11-12,14,24H2,1-2H3,(H,25,28). The summed E-state index contributed by atoms with van der Waals surface area (Å²) >= 11 is 5.95. The van der Waals surface area contributed by atoms with E-state index in [9.17, 15) is 9.59 Å². The molecule has 2 aromatic carbocycles. The third-order valence-corrected chi connectivity index (χ3v) is 5.33. The highest BCUT2D eigenvalue weighted by Crippen LogP contribution is 2.32. The molecule has 1 aliphatic heterocycles. The molecule has 1 atom stereocenters. The molecule has 2 aromatic rings. The van der Waals surface area contributed by atoms with Gasteiger partial charge in [0.1, 0.15) is 0 Å². The molecule has 0 aromatic heterocycles. The summed E-state index contributed by atoms with van der Waals surface area (Å²) in [5, 5.41) is 3.59. The Balaban J connectivity index is 1.80. The van der Waals surface area contributed by atoms with E-state index in [0.717, 1.165) is 23.2 Å². The first-order chi connectivity index (χ1) is 13.3. The number of hydrogen-bond donors (Lipinski definition) is 2. The van der Waals surface area contributed by atoms with Crippen molar-refractivity contribution in [2.24, 2.45) is 5.73 Å². The predicted molar refractivity (Wildman–Crippen MR) is 114 cm³/mol. The Morgan fingerprint density at radius 3 is 2.61 bits per heavy atom. The summed E-state index contributed by atoms with van der Waals surface area (Å²) in [6.45, 7) is 4.24. The summed E-state index contributed by atoms with van der Waals surface area (Å²) in [7, 11) is 0. The van der Waals surface area contributed by atoms with Gasteiger partial charge in [0.2, 0.25) is 11.8 Å². The van der Waals surface area contributed by atoms with Crippen molar-refractivity contribution in [3.05, 3.63) is 58.6 Å². The molecule has 0 saturated carbocycles. The summed E-state index contributed by atoms with van der Waals surface area (Å²) in [5.41, 5.74) is 8.86. The van der Waals surface area contributed by atoms with E-state index in [2.05, 4.69) is 5.32 Å². The molecule has 2 amide bonds. The van der Waals surface area contributed by atoms with Gasteiger partial charge in [0, 0.05) is 22.8 Å². The predicted octanol–water partition coefficient (Wildman–Crippen LogP) is 4.28. The Hall–Kier alpha value is -2.37. The molecule has 5 nitrogen and oxygen atoms in total. The van der Waals surface area contributed by atoms with Gasteiger partial charge in [-0.3, -0.25) is 9.59 Å². The lowest BCUT2D eigenvalue weighted by atomic mass is 9.96. The maximum Gasteiger partial charge on any atom is 0.244 e. The highest BCUT2D eigenvalue weighted by Gasteiger charge is 2.28. The summed E-state index contributed by atoms with van der Waals surface area (Å²) in [5.74, 6) is -0.101. The highest BCUT2D eigenvalue weighted by atomic mass is 35.5. The van der Waals surface area contributed by atoms with Crippen molar-refractivity contribution in [2.75, 3.05) is 10.2 Å². The number of anilines is 2. The van der Waals surface area contributed by atoms with Gasteiger partial charge >= 0.3 is 0 Å². The molecule has 1 unspecified atom stereocenters. The van der Waals surface area contributed by atoms with Crippen molar-refractivity contribution in [3.8, 4) is 0 Å². The van der Waals surface area contributed by atoms with Crippen LogP contribution in [0.15, 0.2) is 42.5 Å². The Bertz CT molecular complexity index is 878. The largest absolute Gasteiger partial charge is 0.324 e. The first kappa shape index (κ1) is 20.4. The molecule has 3 rings (SSSR count). The van der Waals surface area contributed by atoms with Crippen LogP contribution in [0, 0.1) is 0 Å². The molecule has 0 radical (unpaired) electrons. The molecule has 0 aliphatic carbocycles. The van der Waals surface area contributed by atoms with E-state index < -0.39 is 5.54 Å². The van der Waals surface area contributed by atoms with E-state index in [1.165, 1.54) is 0 Å². The van der Waals surface area contributed by atoms with Crippen LogP contribution in [-0.4, -0.2) is 17.4 Å². The number of halogens is 1. The molecule has 0 saturated heterocycles. The van der Waals surface area contributed by atoms with Crippen molar-refractivity contribution < 1.29 is 9.59 Å². The van der Waals surface area contributed by atoms with Gasteiger partial charge in [-0.15, -0.1) is 0 Å². The van der Waals surface area contributed by atoms with Crippen molar-refractivity contribution in [1.29, 1.82) is 0 Å². The minimum Gasteiger partial charge on any atom is -0.324 e. The second-order valence-electron chi connectivity index (χ2n) is 7.57. The number of rotatable bonds is 6. The Morgan fingerprint density at radius 1 is 1.21 bits per heavy atom. The number of fused-ring (bicyclic) bond motifs is 1. The van der Waals surface area contributed by atoms with Crippen LogP contribution in [-0.2, 0) is 22.6 Å². The van der Waals surface area contributed by atoms with Crippen molar-refractivity contribution >= 4 is 34.8 Å². The third-order valence-electron chi connectivity index (χ3n) is 5.08. The maximum absolute atomic E-state index is 12.5. The van der Waals surface area contributed by atoms with Gasteiger partial charge in [-0.1, -0.05) is 37.1 Å². The minimum atomic E-state index is -0.902. The molecule has 148 valence electrons. The topological polar surface area (TPSA) is 75.4 Å². The molecule has 1 aliphatic rings. The Kier molecular flexibility index (Phi) is 6.06. The number of benzene rings is 2. The summed E-state index contributed by atoms with van der Waals surface area (Å²) in [6.07, 6.45) is 2.56. The van der Waals surface area contributed by atoms with Gasteiger partial charge < -0.3 is 16.0 Å². The molecular weight excluding hydrogens is 374 g/mol. The average Bonchev–Trinajstić information content (AvgIpc) is 2.65. The Morgan fingerprint density at radius 2 is 1.93 bits per heavy atom. The zero-order chi connectivity index (χ0) is 20.3. The fourth-order valence-corrected chi connectivity index (χ4v) is 3.62. The zero-order valence-electron chi connectivity index (χ0n) is 16.3. The fourth-order valence-electron chi connectivity index (χ4n) is 3.49. The lowest BCUT2D eigenvalue weighted by molar-refractivity contribution is -0.121. The van der Waals surface area contributed by atoms with Crippen LogP contribution < -0.4 is 16.0 Å². The van der Waals surface area contributed by atoms with E-state index >= 15 is 0 Å². The van der Waals surface area contributed by atoms with Gasteiger partial charge in [0.05, 0.1) is 12.1 Å². The quantitative estimate of drug-likeness (QED) is 0.761. The Labute approximate surface area is 170 Å². The van der Waals surface area contributed by atoms with Crippen LogP contribution in [0.4, 0.5) is 11.4 Å². The third kappa shape index (κ3) is 4.54. The van der Waals surface area contributed by atoms with E-state index in [0.29, 0.717) is 36.5 Å². The number of nitrogens with two attached hydrogens (primary N) is 1. The number of hydrogen-bond acceptors (Lipinski definition) is 3. The van der Waals surface area contributed by atoms with Gasteiger partial charge in [0.15, 0.2) is 0 Å². The number of amides is 2. The van der Waals surface area contributed by atoms with Crippen LogP contribution in [0.2, 0.25) is 5.02 Å². The minimum absolute atomic E-state index is 0.0942. The van der Waals surface area contributed by atoms with Crippen LogP contribution in [0.1, 0.15) is 44.2 Å². The number of carbonyl (C=O) groups is 2. The molecule has 3 N–H and O–H groups in total. The second-order valence-corrected chi connectivity index (χ2v) is 8.01. The summed E-state index contributed by atoms with van der Waals surface area (Å²) in [4.78, 5) is 26.8.